The zero-order valence-corrected chi connectivity index (χ0v) is 13.9. The Hall–Kier alpha value is -1.08. The second kappa shape index (κ2) is 7.97. The van der Waals surface area contributed by atoms with E-state index in [1.807, 2.05) is 22.8 Å². The fourth-order valence-corrected chi connectivity index (χ4v) is 3.29. The van der Waals surface area contributed by atoms with Gasteiger partial charge in [-0.1, -0.05) is 42.1 Å². The SMILES string of the molecule is Cl.NCc1nnc(SCC(O)C2CC2)n1Cc1ccccc1. The zero-order valence-electron chi connectivity index (χ0n) is 12.3. The molecule has 120 valence electrons. The third kappa shape index (κ3) is 4.23. The Bertz CT molecular complexity index is 588. The van der Waals surface area contributed by atoms with E-state index in [0.717, 1.165) is 23.8 Å². The number of halogens is 1. The van der Waals surface area contributed by atoms with Gasteiger partial charge in [-0.25, -0.2) is 0 Å². The Morgan fingerprint density at radius 3 is 2.64 bits per heavy atom. The second-order valence-corrected chi connectivity index (χ2v) is 6.38. The predicted molar refractivity (Wildman–Crippen MR) is 90.2 cm³/mol. The Balaban J connectivity index is 0.00000176. The van der Waals surface area contributed by atoms with Crippen LogP contribution in [-0.2, 0) is 13.1 Å². The van der Waals surface area contributed by atoms with Crippen LogP contribution in [0.25, 0.3) is 0 Å². The lowest BCUT2D eigenvalue weighted by Crippen LogP contribution is -2.14. The van der Waals surface area contributed by atoms with E-state index >= 15 is 0 Å². The van der Waals surface area contributed by atoms with Crippen LogP contribution in [0.2, 0.25) is 0 Å². The van der Waals surface area contributed by atoms with Gasteiger partial charge < -0.3 is 15.4 Å². The highest BCUT2D eigenvalue weighted by Gasteiger charge is 2.30. The summed E-state index contributed by atoms with van der Waals surface area (Å²) in [6.07, 6.45) is 2.05. The minimum Gasteiger partial charge on any atom is -0.392 e. The van der Waals surface area contributed by atoms with Crippen molar-refractivity contribution in [1.29, 1.82) is 0 Å². The van der Waals surface area contributed by atoms with Crippen molar-refractivity contribution in [3.63, 3.8) is 0 Å². The van der Waals surface area contributed by atoms with E-state index in [2.05, 4.69) is 22.3 Å². The summed E-state index contributed by atoms with van der Waals surface area (Å²) < 4.78 is 2.04. The zero-order chi connectivity index (χ0) is 14.7. The number of nitrogens with two attached hydrogens (primary N) is 1. The maximum Gasteiger partial charge on any atom is 0.191 e. The number of rotatable bonds is 7. The van der Waals surface area contributed by atoms with Crippen molar-refractivity contribution >= 4 is 24.2 Å². The molecule has 3 N–H and O–H groups in total. The molecule has 1 aromatic heterocycles. The molecule has 0 saturated heterocycles. The standard InChI is InChI=1S/C15H20N4OS.ClH/c16-8-14-17-18-15(21-10-13(20)12-6-7-12)19(14)9-11-4-2-1-3-5-11;/h1-5,12-13,20H,6-10,16H2;1H. The van der Waals surface area contributed by atoms with Crippen molar-refractivity contribution in [2.75, 3.05) is 5.75 Å². The average Bonchev–Trinajstić information content (AvgIpc) is 3.29. The summed E-state index contributed by atoms with van der Waals surface area (Å²) in [7, 11) is 0. The number of hydrogen-bond acceptors (Lipinski definition) is 5. The van der Waals surface area contributed by atoms with Crippen LogP contribution >= 0.6 is 24.2 Å². The molecule has 2 aromatic rings. The number of nitrogens with zero attached hydrogens (tertiary/aromatic N) is 3. The van der Waals surface area contributed by atoms with Gasteiger partial charge in [0.2, 0.25) is 0 Å². The van der Waals surface area contributed by atoms with Crippen molar-refractivity contribution in [2.45, 2.75) is 37.2 Å². The van der Waals surface area contributed by atoms with Gasteiger partial charge in [-0.3, -0.25) is 0 Å². The average molecular weight is 341 g/mol. The number of hydrogen-bond donors (Lipinski definition) is 2. The van der Waals surface area contributed by atoms with Gasteiger partial charge in [-0.05, 0) is 24.3 Å². The molecule has 0 aliphatic heterocycles. The van der Waals surface area contributed by atoms with E-state index in [1.54, 1.807) is 11.8 Å². The molecule has 22 heavy (non-hydrogen) atoms. The maximum absolute atomic E-state index is 9.99. The monoisotopic (exact) mass is 340 g/mol. The van der Waals surface area contributed by atoms with E-state index in [0.29, 0.717) is 24.8 Å². The van der Waals surface area contributed by atoms with Crippen LogP contribution < -0.4 is 5.73 Å². The summed E-state index contributed by atoms with van der Waals surface area (Å²) in [6.45, 7) is 1.08. The molecule has 0 bridgehead atoms. The van der Waals surface area contributed by atoms with Crippen molar-refractivity contribution in [3.8, 4) is 0 Å². The van der Waals surface area contributed by atoms with Crippen LogP contribution in [0.5, 0.6) is 0 Å². The molecular formula is C15H21ClN4OS. The largest absolute Gasteiger partial charge is 0.392 e. The van der Waals surface area contributed by atoms with E-state index in [1.165, 1.54) is 5.56 Å². The molecule has 7 heteroatoms. The fourth-order valence-electron chi connectivity index (χ4n) is 2.28. The lowest BCUT2D eigenvalue weighted by molar-refractivity contribution is 0.176. The minimum absolute atomic E-state index is 0. The Morgan fingerprint density at radius 1 is 1.27 bits per heavy atom. The van der Waals surface area contributed by atoms with Gasteiger partial charge in [0.15, 0.2) is 5.16 Å². The lowest BCUT2D eigenvalue weighted by Gasteiger charge is -2.11. The first-order valence-corrected chi connectivity index (χ1v) is 8.23. The van der Waals surface area contributed by atoms with Gasteiger partial charge in [0.1, 0.15) is 5.82 Å². The number of aliphatic hydroxyl groups excluding tert-OH is 1. The highest BCUT2D eigenvalue weighted by molar-refractivity contribution is 7.99. The quantitative estimate of drug-likeness (QED) is 0.754. The molecule has 0 radical (unpaired) electrons. The molecule has 0 spiro atoms. The summed E-state index contributed by atoms with van der Waals surface area (Å²) in [5.41, 5.74) is 6.94. The first kappa shape index (κ1) is 17.3. The molecule has 1 fully saturated rings. The summed E-state index contributed by atoms with van der Waals surface area (Å²) >= 11 is 1.56. The number of thioether (sulfide) groups is 1. The minimum atomic E-state index is -0.238. The summed E-state index contributed by atoms with van der Waals surface area (Å²) in [6, 6.07) is 10.2. The molecule has 1 aliphatic rings. The van der Waals surface area contributed by atoms with E-state index in [-0.39, 0.29) is 18.5 Å². The molecule has 5 nitrogen and oxygen atoms in total. The molecule has 1 atom stereocenters. The summed E-state index contributed by atoms with van der Waals surface area (Å²) in [5, 5.41) is 19.2. The maximum atomic E-state index is 9.99. The first-order valence-electron chi connectivity index (χ1n) is 7.25. The van der Waals surface area contributed by atoms with E-state index in [9.17, 15) is 5.11 Å². The third-order valence-electron chi connectivity index (χ3n) is 3.71. The summed E-state index contributed by atoms with van der Waals surface area (Å²) in [5.74, 6) is 1.93. The highest BCUT2D eigenvalue weighted by Crippen LogP contribution is 2.34. The van der Waals surface area contributed by atoms with E-state index < -0.39 is 0 Å². The van der Waals surface area contributed by atoms with Crippen molar-refractivity contribution in [1.82, 2.24) is 14.8 Å². The van der Waals surface area contributed by atoms with Crippen LogP contribution in [0.15, 0.2) is 35.5 Å². The Labute approximate surface area is 140 Å². The van der Waals surface area contributed by atoms with Crippen LogP contribution in [0.3, 0.4) is 0 Å². The van der Waals surface area contributed by atoms with Crippen molar-refractivity contribution < 1.29 is 5.11 Å². The van der Waals surface area contributed by atoms with Crippen LogP contribution in [-0.4, -0.2) is 31.7 Å². The highest BCUT2D eigenvalue weighted by atomic mass is 35.5. The molecule has 1 heterocycles. The smallest absolute Gasteiger partial charge is 0.191 e. The van der Waals surface area contributed by atoms with Gasteiger partial charge in [-0.15, -0.1) is 22.6 Å². The molecule has 1 saturated carbocycles. The fraction of sp³-hybridized carbons (Fsp3) is 0.467. The molecule has 0 amide bonds. The van der Waals surface area contributed by atoms with Crippen molar-refractivity contribution in [2.24, 2.45) is 11.7 Å². The molecule has 1 unspecified atom stereocenters. The lowest BCUT2D eigenvalue weighted by atomic mass is 10.2. The van der Waals surface area contributed by atoms with Crippen LogP contribution in [0.1, 0.15) is 24.2 Å². The predicted octanol–water partition coefficient (Wildman–Crippen LogP) is 2.07. The molecule has 3 rings (SSSR count). The topological polar surface area (TPSA) is 77.0 Å². The Morgan fingerprint density at radius 2 is 2.00 bits per heavy atom. The number of aliphatic hydroxyl groups is 1. The molecular weight excluding hydrogens is 320 g/mol. The van der Waals surface area contributed by atoms with E-state index in [4.69, 9.17) is 5.73 Å². The van der Waals surface area contributed by atoms with Gasteiger partial charge in [-0.2, -0.15) is 0 Å². The van der Waals surface area contributed by atoms with Gasteiger partial charge in [0.05, 0.1) is 19.2 Å². The summed E-state index contributed by atoms with van der Waals surface area (Å²) in [4.78, 5) is 0. The van der Waals surface area contributed by atoms with Gasteiger partial charge >= 0.3 is 0 Å². The Kier molecular flexibility index (Phi) is 6.26. The second-order valence-electron chi connectivity index (χ2n) is 5.39. The van der Waals surface area contributed by atoms with Crippen molar-refractivity contribution in [3.05, 3.63) is 41.7 Å². The van der Waals surface area contributed by atoms with Gasteiger partial charge in [0.25, 0.3) is 0 Å². The third-order valence-corrected chi connectivity index (χ3v) is 4.78. The number of benzene rings is 1. The molecule has 1 aromatic carbocycles. The first-order chi connectivity index (χ1) is 10.3. The number of aromatic nitrogens is 3. The normalized spacial score (nSPS) is 15.4. The van der Waals surface area contributed by atoms with Gasteiger partial charge in [0, 0.05) is 5.75 Å². The molecule has 1 aliphatic carbocycles. The van der Waals surface area contributed by atoms with Crippen LogP contribution in [0.4, 0.5) is 0 Å². The van der Waals surface area contributed by atoms with Crippen LogP contribution in [0, 0.1) is 5.92 Å².